The molecular weight excluding hydrogens is 242 g/mol. The Balaban J connectivity index is 1.47. The third-order valence-corrected chi connectivity index (χ3v) is 5.38. The van der Waals surface area contributed by atoms with Gasteiger partial charge in [0.1, 0.15) is 0 Å². The number of fused-ring (bicyclic) bond motifs is 1. The molecular formula is C15H23NO3. The quantitative estimate of drug-likeness (QED) is 0.817. The van der Waals surface area contributed by atoms with Crippen LogP contribution in [0.1, 0.15) is 44.9 Å². The van der Waals surface area contributed by atoms with E-state index in [2.05, 4.69) is 5.32 Å². The monoisotopic (exact) mass is 265 g/mol. The lowest BCUT2D eigenvalue weighted by atomic mass is 9.79. The van der Waals surface area contributed by atoms with Gasteiger partial charge in [0, 0.05) is 12.5 Å². The van der Waals surface area contributed by atoms with Crippen molar-refractivity contribution >= 4 is 11.9 Å². The summed E-state index contributed by atoms with van der Waals surface area (Å²) >= 11 is 0. The zero-order chi connectivity index (χ0) is 13.4. The summed E-state index contributed by atoms with van der Waals surface area (Å²) in [5, 5.41) is 12.2. The highest BCUT2D eigenvalue weighted by atomic mass is 16.4. The molecule has 0 spiro atoms. The molecule has 19 heavy (non-hydrogen) atoms. The molecule has 3 aliphatic carbocycles. The molecule has 0 aromatic heterocycles. The van der Waals surface area contributed by atoms with Gasteiger partial charge in [-0.2, -0.15) is 0 Å². The van der Waals surface area contributed by atoms with Gasteiger partial charge in [0.2, 0.25) is 5.91 Å². The van der Waals surface area contributed by atoms with Gasteiger partial charge >= 0.3 is 5.97 Å². The van der Waals surface area contributed by atoms with Gasteiger partial charge in [-0.1, -0.05) is 12.8 Å². The molecule has 0 aromatic rings. The summed E-state index contributed by atoms with van der Waals surface area (Å²) in [4.78, 5) is 23.3. The molecule has 0 radical (unpaired) electrons. The molecule has 3 saturated carbocycles. The van der Waals surface area contributed by atoms with Crippen molar-refractivity contribution in [1.82, 2.24) is 5.32 Å². The smallest absolute Gasteiger partial charge is 0.306 e. The van der Waals surface area contributed by atoms with Crippen LogP contribution in [0.4, 0.5) is 0 Å². The van der Waals surface area contributed by atoms with Crippen molar-refractivity contribution in [3.8, 4) is 0 Å². The molecule has 4 nitrogen and oxygen atoms in total. The van der Waals surface area contributed by atoms with Crippen molar-refractivity contribution in [2.45, 2.75) is 44.9 Å². The molecule has 3 rings (SSSR count). The number of hydrogen-bond donors (Lipinski definition) is 2. The molecule has 0 heterocycles. The van der Waals surface area contributed by atoms with Gasteiger partial charge in [0.05, 0.1) is 5.92 Å². The third kappa shape index (κ3) is 2.77. The van der Waals surface area contributed by atoms with Gasteiger partial charge in [0.25, 0.3) is 0 Å². The van der Waals surface area contributed by atoms with Crippen molar-refractivity contribution in [3.05, 3.63) is 0 Å². The van der Waals surface area contributed by atoms with Crippen molar-refractivity contribution in [1.29, 1.82) is 0 Å². The summed E-state index contributed by atoms with van der Waals surface area (Å²) in [6.07, 6.45) is 7.25. The highest BCUT2D eigenvalue weighted by molar-refractivity contribution is 5.79. The van der Waals surface area contributed by atoms with Crippen LogP contribution < -0.4 is 5.32 Å². The van der Waals surface area contributed by atoms with Gasteiger partial charge in [-0.15, -0.1) is 0 Å². The van der Waals surface area contributed by atoms with Gasteiger partial charge < -0.3 is 10.4 Å². The molecule has 0 bridgehead atoms. The largest absolute Gasteiger partial charge is 0.481 e. The average molecular weight is 265 g/mol. The summed E-state index contributed by atoms with van der Waals surface area (Å²) in [6, 6.07) is 0. The second-order valence-corrected chi connectivity index (χ2v) is 6.66. The van der Waals surface area contributed by atoms with Crippen LogP contribution in [0.15, 0.2) is 0 Å². The predicted octanol–water partition coefficient (Wildman–Crippen LogP) is 2.04. The normalized spacial score (nSPS) is 40.5. The maximum atomic E-state index is 12.1. The van der Waals surface area contributed by atoms with Crippen LogP contribution in [0, 0.1) is 29.6 Å². The molecule has 106 valence electrons. The molecule has 0 saturated heterocycles. The third-order valence-electron chi connectivity index (χ3n) is 5.38. The fraction of sp³-hybridized carbons (Fsp3) is 0.867. The Morgan fingerprint density at radius 2 is 1.74 bits per heavy atom. The number of carboxylic acids is 1. The number of carboxylic acid groups (broad SMARTS) is 1. The van der Waals surface area contributed by atoms with E-state index in [-0.39, 0.29) is 23.7 Å². The predicted molar refractivity (Wildman–Crippen MR) is 70.4 cm³/mol. The second-order valence-electron chi connectivity index (χ2n) is 6.66. The van der Waals surface area contributed by atoms with E-state index < -0.39 is 5.97 Å². The summed E-state index contributed by atoms with van der Waals surface area (Å²) < 4.78 is 0. The highest BCUT2D eigenvalue weighted by Gasteiger charge is 2.48. The van der Waals surface area contributed by atoms with E-state index in [1.54, 1.807) is 0 Å². The first kappa shape index (κ1) is 12.9. The number of aliphatic carboxylic acids is 1. The molecule has 3 aliphatic rings. The van der Waals surface area contributed by atoms with Crippen molar-refractivity contribution in [2.75, 3.05) is 6.54 Å². The van der Waals surface area contributed by atoms with E-state index in [1.165, 1.54) is 6.42 Å². The molecule has 2 N–H and O–H groups in total. The highest BCUT2D eigenvalue weighted by Crippen LogP contribution is 2.54. The van der Waals surface area contributed by atoms with E-state index in [4.69, 9.17) is 0 Å². The number of rotatable bonds is 4. The minimum Gasteiger partial charge on any atom is -0.481 e. The summed E-state index contributed by atoms with van der Waals surface area (Å²) in [5.41, 5.74) is 0. The Morgan fingerprint density at radius 3 is 2.42 bits per heavy atom. The van der Waals surface area contributed by atoms with Crippen molar-refractivity contribution < 1.29 is 14.7 Å². The van der Waals surface area contributed by atoms with E-state index in [0.717, 1.165) is 50.4 Å². The molecule has 0 aromatic carbocycles. The zero-order valence-electron chi connectivity index (χ0n) is 11.3. The Labute approximate surface area is 113 Å². The number of carbonyl (C=O) groups is 2. The van der Waals surface area contributed by atoms with Crippen LogP contribution in [-0.2, 0) is 9.59 Å². The van der Waals surface area contributed by atoms with Gasteiger partial charge in [0.15, 0.2) is 0 Å². The maximum Gasteiger partial charge on any atom is 0.306 e. The van der Waals surface area contributed by atoms with Gasteiger partial charge in [-0.25, -0.2) is 0 Å². The zero-order valence-corrected chi connectivity index (χ0v) is 11.3. The number of nitrogens with one attached hydrogen (secondary N) is 1. The first-order valence-corrected chi connectivity index (χ1v) is 7.65. The minimum atomic E-state index is -0.693. The van der Waals surface area contributed by atoms with Crippen LogP contribution in [0.2, 0.25) is 0 Å². The fourth-order valence-corrected chi connectivity index (χ4v) is 4.08. The van der Waals surface area contributed by atoms with E-state index in [0.29, 0.717) is 6.54 Å². The standard InChI is InChI=1S/C15H23NO3/c17-14(12-6-10-5-11(10)7-12)16-8-9-3-1-2-4-13(9)15(18)19/h9-13H,1-8H2,(H,16,17)(H,18,19). The number of hydrogen-bond acceptors (Lipinski definition) is 2. The van der Waals surface area contributed by atoms with Gasteiger partial charge in [-0.3, -0.25) is 9.59 Å². The minimum absolute atomic E-state index is 0.131. The Bertz CT molecular complexity index is 372. The van der Waals surface area contributed by atoms with Crippen LogP contribution >= 0.6 is 0 Å². The Kier molecular flexibility index (Phi) is 3.50. The molecule has 0 aliphatic heterocycles. The van der Waals surface area contributed by atoms with E-state index in [9.17, 15) is 14.7 Å². The lowest BCUT2D eigenvalue weighted by Crippen LogP contribution is -2.39. The summed E-state index contributed by atoms with van der Waals surface area (Å²) in [6.45, 7) is 0.557. The Hall–Kier alpha value is -1.06. The van der Waals surface area contributed by atoms with E-state index in [1.807, 2.05) is 0 Å². The molecule has 4 unspecified atom stereocenters. The van der Waals surface area contributed by atoms with Crippen LogP contribution in [-0.4, -0.2) is 23.5 Å². The lowest BCUT2D eigenvalue weighted by Gasteiger charge is -2.29. The molecule has 4 heteroatoms. The molecule has 1 amide bonds. The number of carbonyl (C=O) groups excluding carboxylic acids is 1. The number of amides is 1. The van der Waals surface area contributed by atoms with Crippen LogP contribution in [0.5, 0.6) is 0 Å². The van der Waals surface area contributed by atoms with Crippen molar-refractivity contribution in [2.24, 2.45) is 29.6 Å². The SMILES string of the molecule is O=C(NCC1CCCCC1C(=O)O)C1CC2CC2C1. The second kappa shape index (κ2) is 5.14. The van der Waals surface area contributed by atoms with Crippen molar-refractivity contribution in [3.63, 3.8) is 0 Å². The van der Waals surface area contributed by atoms with E-state index >= 15 is 0 Å². The molecule has 3 fully saturated rings. The van der Waals surface area contributed by atoms with Gasteiger partial charge in [-0.05, 0) is 49.9 Å². The Morgan fingerprint density at radius 1 is 1.05 bits per heavy atom. The fourth-order valence-electron chi connectivity index (χ4n) is 4.08. The summed E-state index contributed by atoms with van der Waals surface area (Å²) in [7, 11) is 0. The first-order chi connectivity index (χ1) is 9.15. The topological polar surface area (TPSA) is 66.4 Å². The first-order valence-electron chi connectivity index (χ1n) is 7.65. The average Bonchev–Trinajstić information content (AvgIpc) is 3.02. The lowest BCUT2D eigenvalue weighted by molar-refractivity contribution is -0.145. The molecule has 4 atom stereocenters. The maximum absolute atomic E-state index is 12.1. The summed E-state index contributed by atoms with van der Waals surface area (Å²) in [5.74, 6) is 1.19. The van der Waals surface area contributed by atoms with Crippen LogP contribution in [0.25, 0.3) is 0 Å². The van der Waals surface area contributed by atoms with Crippen LogP contribution in [0.3, 0.4) is 0 Å².